The number of carbonyl (C=O) groups excluding carboxylic acids is 1. The third-order valence-corrected chi connectivity index (χ3v) is 7.82. The van der Waals surface area contributed by atoms with Crippen molar-refractivity contribution in [2.45, 2.75) is 51.2 Å². The summed E-state index contributed by atoms with van der Waals surface area (Å²) in [7, 11) is 0. The lowest BCUT2D eigenvalue weighted by atomic mass is 9.93. The molecule has 4 rings (SSSR count). The van der Waals surface area contributed by atoms with E-state index in [1.807, 2.05) is 49.6 Å². The van der Waals surface area contributed by atoms with Gasteiger partial charge in [-0.25, -0.2) is 4.79 Å². The van der Waals surface area contributed by atoms with E-state index in [1.54, 1.807) is 11.8 Å². The Kier molecular flexibility index (Phi) is 9.42. The number of thioether (sulfide) groups is 1. The number of rotatable bonds is 11. The number of amides is 1. The first-order valence-electron chi connectivity index (χ1n) is 13.0. The molecule has 194 valence electrons. The summed E-state index contributed by atoms with van der Waals surface area (Å²) >= 11 is 1.57. The second-order valence-corrected chi connectivity index (χ2v) is 10.8. The van der Waals surface area contributed by atoms with Gasteiger partial charge in [0.1, 0.15) is 6.04 Å². The number of hydrogen-bond acceptors (Lipinski definition) is 4. The molecule has 1 saturated heterocycles. The molecule has 37 heavy (non-hydrogen) atoms. The fourth-order valence-corrected chi connectivity index (χ4v) is 5.64. The average molecular weight is 517 g/mol. The molecule has 0 spiro atoms. The van der Waals surface area contributed by atoms with Gasteiger partial charge in [-0.3, -0.25) is 9.69 Å². The molecule has 1 aliphatic rings. The third-order valence-electron chi connectivity index (χ3n) is 7.18. The van der Waals surface area contributed by atoms with Crippen molar-refractivity contribution in [3.05, 3.63) is 95.1 Å². The summed E-state index contributed by atoms with van der Waals surface area (Å²) in [5.74, 6) is -0.683. The average Bonchev–Trinajstić information content (AvgIpc) is 3.33. The summed E-state index contributed by atoms with van der Waals surface area (Å²) < 4.78 is 0. The van der Waals surface area contributed by atoms with E-state index in [1.165, 1.54) is 18.4 Å². The predicted octanol–water partition coefficient (Wildman–Crippen LogP) is 5.81. The van der Waals surface area contributed by atoms with Gasteiger partial charge < -0.3 is 10.4 Å². The summed E-state index contributed by atoms with van der Waals surface area (Å²) in [6.07, 6.45) is 5.73. The minimum absolute atomic E-state index is 0.346. The molecule has 0 bridgehead atoms. The first kappa shape index (κ1) is 27.0. The first-order valence-corrected chi connectivity index (χ1v) is 14.3. The summed E-state index contributed by atoms with van der Waals surface area (Å²) in [6, 6.07) is 24.3. The molecule has 2 N–H and O–H groups in total. The number of nitrogens with zero attached hydrogens (tertiary/aromatic N) is 1. The van der Waals surface area contributed by atoms with Crippen molar-refractivity contribution in [3.63, 3.8) is 0 Å². The fraction of sp³-hybridized carbons (Fsp3) is 0.355. The van der Waals surface area contributed by atoms with Crippen molar-refractivity contribution < 1.29 is 14.7 Å². The minimum Gasteiger partial charge on any atom is -0.480 e. The van der Waals surface area contributed by atoms with E-state index in [9.17, 15) is 14.7 Å². The zero-order chi connectivity index (χ0) is 26.2. The quantitative estimate of drug-likeness (QED) is 0.337. The Hall–Kier alpha value is -3.09. The number of benzene rings is 3. The van der Waals surface area contributed by atoms with E-state index in [0.717, 1.165) is 41.8 Å². The largest absolute Gasteiger partial charge is 0.480 e. The van der Waals surface area contributed by atoms with Gasteiger partial charge in [0.25, 0.3) is 5.91 Å². The molecule has 0 aromatic heterocycles. The van der Waals surface area contributed by atoms with Crippen LogP contribution in [-0.4, -0.2) is 52.5 Å². The molecule has 0 aliphatic carbocycles. The van der Waals surface area contributed by atoms with E-state index in [4.69, 9.17) is 0 Å². The zero-order valence-corrected chi connectivity index (χ0v) is 22.5. The van der Waals surface area contributed by atoms with E-state index in [-0.39, 0.29) is 5.91 Å². The van der Waals surface area contributed by atoms with Crippen molar-refractivity contribution in [3.8, 4) is 11.1 Å². The van der Waals surface area contributed by atoms with Crippen LogP contribution in [0.25, 0.3) is 11.1 Å². The van der Waals surface area contributed by atoms with Gasteiger partial charge in [0, 0.05) is 18.2 Å². The molecule has 3 aromatic rings. The van der Waals surface area contributed by atoms with Gasteiger partial charge in [0.15, 0.2) is 0 Å². The molecule has 1 amide bonds. The molecular weight excluding hydrogens is 480 g/mol. The number of carbonyl (C=O) groups is 2. The summed E-state index contributed by atoms with van der Waals surface area (Å²) in [5.41, 5.74) is 5.95. The summed E-state index contributed by atoms with van der Waals surface area (Å²) in [4.78, 5) is 27.7. The van der Waals surface area contributed by atoms with E-state index >= 15 is 0 Å². The van der Waals surface area contributed by atoms with E-state index in [2.05, 4.69) is 46.6 Å². The standard InChI is InChI=1S/C31H36N2O3S/c1-22-9-6-7-13-26(22)28-20-24(14-15-27(28)30(34)32-29(31(35)36)16-18-37-2)21-33-17-8-12-25(33)19-23-10-4-3-5-11-23/h3-7,9-11,13-15,20,25,29H,8,12,16-19,21H2,1-2H3,(H,32,34)(H,35,36). The van der Waals surface area contributed by atoms with Gasteiger partial charge in [-0.1, -0.05) is 60.7 Å². The number of likely N-dealkylation sites (tertiary alicyclic amines) is 1. The first-order chi connectivity index (χ1) is 18.0. The van der Waals surface area contributed by atoms with Crippen LogP contribution in [0.5, 0.6) is 0 Å². The number of hydrogen-bond donors (Lipinski definition) is 2. The molecule has 1 fully saturated rings. The SMILES string of the molecule is CSCCC(NC(=O)c1ccc(CN2CCCC2Cc2ccccc2)cc1-c1ccccc1C)C(=O)O. The molecule has 5 nitrogen and oxygen atoms in total. The maximum atomic E-state index is 13.3. The molecule has 3 aromatic carbocycles. The molecule has 1 aliphatic heterocycles. The fourth-order valence-electron chi connectivity index (χ4n) is 5.17. The topological polar surface area (TPSA) is 69.6 Å². The van der Waals surface area contributed by atoms with Crippen molar-refractivity contribution >= 4 is 23.6 Å². The van der Waals surface area contributed by atoms with Gasteiger partial charge in [0.2, 0.25) is 0 Å². The maximum absolute atomic E-state index is 13.3. The van der Waals surface area contributed by atoms with Crippen LogP contribution in [0.2, 0.25) is 0 Å². The number of nitrogens with one attached hydrogen (secondary N) is 1. The molecule has 0 saturated carbocycles. The van der Waals surface area contributed by atoms with E-state index in [0.29, 0.717) is 23.8 Å². The highest BCUT2D eigenvalue weighted by Gasteiger charge is 2.26. The highest BCUT2D eigenvalue weighted by atomic mass is 32.2. The Labute approximate surface area is 224 Å². The van der Waals surface area contributed by atoms with Crippen molar-refractivity contribution in [2.75, 3.05) is 18.6 Å². The van der Waals surface area contributed by atoms with Crippen molar-refractivity contribution in [2.24, 2.45) is 0 Å². The van der Waals surface area contributed by atoms with Crippen LogP contribution in [0.15, 0.2) is 72.8 Å². The lowest BCUT2D eigenvalue weighted by molar-refractivity contribution is -0.139. The predicted molar refractivity (Wildman–Crippen MR) is 152 cm³/mol. The lowest BCUT2D eigenvalue weighted by Crippen LogP contribution is -2.41. The normalized spacial score (nSPS) is 16.4. The molecule has 2 atom stereocenters. The molecule has 6 heteroatoms. The van der Waals surface area contributed by atoms with Crippen LogP contribution in [0.4, 0.5) is 0 Å². The molecule has 1 heterocycles. The highest BCUT2D eigenvalue weighted by Crippen LogP contribution is 2.30. The Bertz CT molecular complexity index is 1210. The Morgan fingerprint density at radius 2 is 1.78 bits per heavy atom. The zero-order valence-electron chi connectivity index (χ0n) is 21.7. The Balaban J connectivity index is 1.60. The van der Waals surface area contributed by atoms with Gasteiger partial charge in [-0.15, -0.1) is 0 Å². The minimum atomic E-state index is -1.00. The molecular formula is C31H36N2O3S. The lowest BCUT2D eigenvalue weighted by Gasteiger charge is -2.25. The van der Waals surface area contributed by atoms with Gasteiger partial charge in [-0.05, 0) is 91.1 Å². The van der Waals surface area contributed by atoms with Crippen LogP contribution >= 0.6 is 11.8 Å². The monoisotopic (exact) mass is 516 g/mol. The van der Waals surface area contributed by atoms with Gasteiger partial charge in [0.05, 0.1) is 0 Å². The van der Waals surface area contributed by atoms with Crippen LogP contribution in [-0.2, 0) is 17.8 Å². The molecule has 0 radical (unpaired) electrons. The van der Waals surface area contributed by atoms with Crippen molar-refractivity contribution in [1.82, 2.24) is 10.2 Å². The highest BCUT2D eigenvalue weighted by molar-refractivity contribution is 7.98. The van der Waals surface area contributed by atoms with Gasteiger partial charge in [-0.2, -0.15) is 11.8 Å². The maximum Gasteiger partial charge on any atom is 0.326 e. The second-order valence-electron chi connectivity index (χ2n) is 9.80. The third kappa shape index (κ3) is 7.02. The summed E-state index contributed by atoms with van der Waals surface area (Å²) in [5, 5.41) is 12.4. The van der Waals surface area contributed by atoms with Gasteiger partial charge >= 0.3 is 5.97 Å². The second kappa shape index (κ2) is 12.9. The van der Waals surface area contributed by atoms with Crippen LogP contribution < -0.4 is 5.32 Å². The Morgan fingerprint density at radius 1 is 1.03 bits per heavy atom. The van der Waals surface area contributed by atoms with Crippen LogP contribution in [0, 0.1) is 6.92 Å². The van der Waals surface area contributed by atoms with Crippen LogP contribution in [0.3, 0.4) is 0 Å². The Morgan fingerprint density at radius 3 is 2.51 bits per heavy atom. The summed E-state index contributed by atoms with van der Waals surface area (Å²) in [6.45, 7) is 3.93. The number of carboxylic acid groups (broad SMARTS) is 1. The van der Waals surface area contributed by atoms with Crippen molar-refractivity contribution in [1.29, 1.82) is 0 Å². The number of carboxylic acids is 1. The van der Waals surface area contributed by atoms with Crippen LogP contribution in [0.1, 0.15) is 46.3 Å². The smallest absolute Gasteiger partial charge is 0.326 e. The van der Waals surface area contributed by atoms with E-state index < -0.39 is 12.0 Å². The number of aryl methyl sites for hydroxylation is 1. The molecule has 2 unspecified atom stereocenters. The number of aliphatic carboxylic acids is 1.